The van der Waals surface area contributed by atoms with Gasteiger partial charge < -0.3 is 15.2 Å². The van der Waals surface area contributed by atoms with Gasteiger partial charge in [-0.1, -0.05) is 0 Å². The third-order valence-electron chi connectivity index (χ3n) is 3.80. The number of hydrogen-bond acceptors (Lipinski definition) is 4. The van der Waals surface area contributed by atoms with Crippen LogP contribution in [0.3, 0.4) is 0 Å². The van der Waals surface area contributed by atoms with Gasteiger partial charge >= 0.3 is 0 Å². The van der Waals surface area contributed by atoms with Crippen LogP contribution in [0.15, 0.2) is 18.3 Å². The lowest BCUT2D eigenvalue weighted by Crippen LogP contribution is -2.38. The third-order valence-corrected chi connectivity index (χ3v) is 3.80. The number of rotatable bonds is 5. The summed E-state index contributed by atoms with van der Waals surface area (Å²) in [6, 6.07) is 3.66. The van der Waals surface area contributed by atoms with E-state index in [4.69, 9.17) is 9.84 Å². The molecule has 1 aromatic rings. The summed E-state index contributed by atoms with van der Waals surface area (Å²) < 4.78 is 5.46. The second kappa shape index (κ2) is 7.41. The number of hydrogen-bond donors (Lipinski definition) is 2. The summed E-state index contributed by atoms with van der Waals surface area (Å²) in [6.45, 7) is 4.12. The molecular formula is C16H24N2O3. The third kappa shape index (κ3) is 4.70. The molecule has 0 unspecified atom stereocenters. The predicted octanol–water partition coefficient (Wildman–Crippen LogP) is 2.15. The van der Waals surface area contributed by atoms with Crippen LogP contribution in [-0.2, 0) is 0 Å². The summed E-state index contributed by atoms with van der Waals surface area (Å²) >= 11 is 0. The van der Waals surface area contributed by atoms with Gasteiger partial charge in [0.25, 0.3) is 5.91 Å². The van der Waals surface area contributed by atoms with Crippen LogP contribution >= 0.6 is 0 Å². The van der Waals surface area contributed by atoms with Crippen molar-refractivity contribution in [1.82, 2.24) is 10.3 Å². The summed E-state index contributed by atoms with van der Waals surface area (Å²) in [5.74, 6) is 0.836. The minimum absolute atomic E-state index is 0.0684. The van der Waals surface area contributed by atoms with Crippen LogP contribution in [-0.4, -0.2) is 34.8 Å². The number of ether oxygens (including phenoxy) is 1. The van der Waals surface area contributed by atoms with Crippen molar-refractivity contribution in [2.24, 2.45) is 5.92 Å². The van der Waals surface area contributed by atoms with Crippen molar-refractivity contribution in [3.63, 3.8) is 0 Å². The zero-order valence-electron chi connectivity index (χ0n) is 12.7. The molecular weight excluding hydrogens is 268 g/mol. The molecule has 1 aliphatic carbocycles. The van der Waals surface area contributed by atoms with Crippen molar-refractivity contribution in [2.75, 3.05) is 6.61 Å². The average Bonchev–Trinajstić information content (AvgIpc) is 2.48. The molecule has 116 valence electrons. The van der Waals surface area contributed by atoms with Crippen molar-refractivity contribution in [1.29, 1.82) is 0 Å². The number of carbonyl (C=O) groups is 1. The Balaban J connectivity index is 1.86. The van der Waals surface area contributed by atoms with Gasteiger partial charge in [-0.25, -0.2) is 4.98 Å². The maximum atomic E-state index is 12.2. The quantitative estimate of drug-likeness (QED) is 0.872. The van der Waals surface area contributed by atoms with Gasteiger partial charge in [0.05, 0.1) is 11.7 Å². The molecule has 1 heterocycles. The fourth-order valence-electron chi connectivity index (χ4n) is 2.58. The summed E-state index contributed by atoms with van der Waals surface area (Å²) in [7, 11) is 0. The molecule has 2 N–H and O–H groups in total. The molecule has 5 nitrogen and oxygen atoms in total. The molecule has 0 atom stereocenters. The van der Waals surface area contributed by atoms with Crippen LogP contribution in [0, 0.1) is 5.92 Å². The topological polar surface area (TPSA) is 71.5 Å². The van der Waals surface area contributed by atoms with Gasteiger partial charge in [-0.3, -0.25) is 4.79 Å². The van der Waals surface area contributed by atoms with Crippen molar-refractivity contribution in [3.05, 3.63) is 23.9 Å². The Hall–Kier alpha value is -1.62. The fraction of sp³-hybridized carbons (Fsp3) is 0.625. The van der Waals surface area contributed by atoms with Gasteiger partial charge in [0.15, 0.2) is 0 Å². The van der Waals surface area contributed by atoms with Crippen LogP contribution in [0.5, 0.6) is 5.88 Å². The highest BCUT2D eigenvalue weighted by Crippen LogP contribution is 2.24. The van der Waals surface area contributed by atoms with Gasteiger partial charge in [0, 0.05) is 24.9 Å². The lowest BCUT2D eigenvalue weighted by atomic mass is 9.86. The van der Waals surface area contributed by atoms with Gasteiger partial charge in [0.1, 0.15) is 0 Å². The van der Waals surface area contributed by atoms with Gasteiger partial charge in [-0.05, 0) is 51.5 Å². The molecule has 5 heteroatoms. The Morgan fingerprint density at radius 3 is 2.62 bits per heavy atom. The lowest BCUT2D eigenvalue weighted by Gasteiger charge is -2.27. The van der Waals surface area contributed by atoms with E-state index in [1.54, 1.807) is 18.3 Å². The number of pyridine rings is 1. The molecule has 0 radical (unpaired) electrons. The summed E-state index contributed by atoms with van der Waals surface area (Å²) in [5.41, 5.74) is 0.551. The van der Waals surface area contributed by atoms with Crippen molar-refractivity contribution in [3.8, 4) is 5.88 Å². The van der Waals surface area contributed by atoms with Gasteiger partial charge in [-0.2, -0.15) is 0 Å². The van der Waals surface area contributed by atoms with Crippen molar-refractivity contribution >= 4 is 5.91 Å². The van der Waals surface area contributed by atoms with Crippen molar-refractivity contribution in [2.45, 2.75) is 51.7 Å². The minimum Gasteiger partial charge on any atom is -0.475 e. The number of aliphatic hydroxyl groups excluding tert-OH is 1. The van der Waals surface area contributed by atoms with E-state index in [-0.39, 0.29) is 24.7 Å². The molecule has 0 aromatic carbocycles. The Labute approximate surface area is 125 Å². The predicted molar refractivity (Wildman–Crippen MR) is 80.3 cm³/mol. The summed E-state index contributed by atoms with van der Waals surface area (Å²) in [4.78, 5) is 16.3. The maximum absolute atomic E-state index is 12.2. The number of carbonyl (C=O) groups excluding carboxylic acids is 1. The molecule has 21 heavy (non-hydrogen) atoms. The first-order valence-corrected chi connectivity index (χ1v) is 7.63. The zero-order chi connectivity index (χ0) is 15.2. The fourth-order valence-corrected chi connectivity index (χ4v) is 2.58. The first kappa shape index (κ1) is 15.8. The smallest absolute Gasteiger partial charge is 0.253 e. The first-order chi connectivity index (χ1) is 10.1. The van der Waals surface area contributed by atoms with Gasteiger partial charge in [-0.15, -0.1) is 0 Å². The Kier molecular flexibility index (Phi) is 5.56. The van der Waals surface area contributed by atoms with Crippen LogP contribution in [0.1, 0.15) is 49.9 Å². The van der Waals surface area contributed by atoms with Crippen LogP contribution in [0.4, 0.5) is 0 Å². The summed E-state index contributed by atoms with van der Waals surface area (Å²) in [6.07, 6.45) is 5.42. The van der Waals surface area contributed by atoms with Gasteiger partial charge in [0.2, 0.25) is 5.88 Å². The standard InChI is InChI=1S/C16H24N2O3/c1-11(2)21-15-8-5-13(9-17-15)16(20)18-14-6-3-12(10-19)4-7-14/h5,8-9,11-12,14,19H,3-4,6-7,10H2,1-2H3,(H,18,20). The van der Waals surface area contributed by atoms with E-state index >= 15 is 0 Å². The number of amides is 1. The normalized spacial score (nSPS) is 22.1. The molecule has 0 aliphatic heterocycles. The number of aliphatic hydroxyl groups is 1. The van der Waals surface area contributed by atoms with Crippen LogP contribution in [0.2, 0.25) is 0 Å². The van der Waals surface area contributed by atoms with E-state index in [9.17, 15) is 4.79 Å². The van der Waals surface area contributed by atoms with Crippen LogP contribution < -0.4 is 10.1 Å². The molecule has 1 aliphatic rings. The highest BCUT2D eigenvalue weighted by atomic mass is 16.5. The highest BCUT2D eigenvalue weighted by molar-refractivity contribution is 5.94. The van der Waals surface area contributed by atoms with E-state index < -0.39 is 0 Å². The van der Waals surface area contributed by atoms with E-state index in [1.807, 2.05) is 13.8 Å². The van der Waals surface area contributed by atoms with E-state index in [2.05, 4.69) is 10.3 Å². The molecule has 1 amide bonds. The second-order valence-electron chi connectivity index (χ2n) is 5.93. The van der Waals surface area contributed by atoms with E-state index in [1.165, 1.54) is 0 Å². The molecule has 0 bridgehead atoms. The number of aromatic nitrogens is 1. The zero-order valence-corrected chi connectivity index (χ0v) is 12.7. The molecule has 1 saturated carbocycles. The average molecular weight is 292 g/mol. The largest absolute Gasteiger partial charge is 0.475 e. The van der Waals surface area contributed by atoms with E-state index in [0.717, 1.165) is 25.7 Å². The van der Waals surface area contributed by atoms with Crippen molar-refractivity contribution < 1.29 is 14.6 Å². The molecule has 2 rings (SSSR count). The second-order valence-corrected chi connectivity index (χ2v) is 5.93. The minimum atomic E-state index is -0.0916. The molecule has 1 fully saturated rings. The maximum Gasteiger partial charge on any atom is 0.253 e. The monoisotopic (exact) mass is 292 g/mol. The van der Waals surface area contributed by atoms with E-state index in [0.29, 0.717) is 17.4 Å². The lowest BCUT2D eigenvalue weighted by molar-refractivity contribution is 0.0913. The number of nitrogens with zero attached hydrogens (tertiary/aromatic N) is 1. The van der Waals surface area contributed by atoms with Crippen LogP contribution in [0.25, 0.3) is 0 Å². The molecule has 1 aromatic heterocycles. The first-order valence-electron chi connectivity index (χ1n) is 7.63. The highest BCUT2D eigenvalue weighted by Gasteiger charge is 2.22. The molecule has 0 spiro atoms. The molecule has 0 saturated heterocycles. The SMILES string of the molecule is CC(C)Oc1ccc(C(=O)NC2CCC(CO)CC2)cn1. The Morgan fingerprint density at radius 1 is 1.38 bits per heavy atom. The Morgan fingerprint density at radius 2 is 2.10 bits per heavy atom. The Bertz CT molecular complexity index is 451. The number of nitrogens with one attached hydrogen (secondary N) is 1. The summed E-state index contributed by atoms with van der Waals surface area (Å²) in [5, 5.41) is 12.2.